The Morgan fingerprint density at radius 2 is 2.13 bits per heavy atom. The van der Waals surface area contributed by atoms with Crippen molar-refractivity contribution >= 4 is 5.78 Å². The van der Waals surface area contributed by atoms with Crippen LogP contribution in [0.5, 0.6) is 5.75 Å². The Kier molecular flexibility index (Phi) is 2.21. The molecule has 1 aromatic carbocycles. The number of hydrogen-bond acceptors (Lipinski definition) is 5. The lowest BCUT2D eigenvalue weighted by Gasteiger charge is -1.96. The fourth-order valence-electron chi connectivity index (χ4n) is 1.14. The molecule has 2 rings (SSSR count). The van der Waals surface area contributed by atoms with Crippen molar-refractivity contribution in [2.24, 2.45) is 0 Å². The van der Waals surface area contributed by atoms with Gasteiger partial charge in [0, 0.05) is 6.92 Å². The molecule has 0 aliphatic rings. The molecule has 1 heterocycles. The molecule has 2 aromatic rings. The fraction of sp³-hybridized carbons (Fsp3) is 0.100. The first-order chi connectivity index (χ1) is 7.18. The van der Waals surface area contributed by atoms with E-state index in [1.54, 1.807) is 18.2 Å². The number of phenolic OH excluding ortho intramolecular Hbond substituents is 1. The minimum Gasteiger partial charge on any atom is -0.507 e. The Hall–Kier alpha value is -2.17. The fourth-order valence-corrected chi connectivity index (χ4v) is 1.14. The number of benzene rings is 1. The summed E-state index contributed by atoms with van der Waals surface area (Å²) in [5, 5.41) is 13.1. The first-order valence-electron chi connectivity index (χ1n) is 4.31. The molecule has 0 radical (unpaired) electrons. The summed E-state index contributed by atoms with van der Waals surface area (Å²) in [5.41, 5.74) is 0.439. The van der Waals surface area contributed by atoms with Crippen LogP contribution in [0, 0.1) is 0 Å². The minimum absolute atomic E-state index is 0.0494. The minimum atomic E-state index is -0.302. The molecule has 5 heteroatoms. The molecule has 0 atom stereocenters. The van der Waals surface area contributed by atoms with Gasteiger partial charge in [-0.1, -0.05) is 17.3 Å². The number of Topliss-reactive ketones (excluding diaryl/α,β-unsaturated/α-hetero) is 1. The van der Waals surface area contributed by atoms with Gasteiger partial charge in [0.2, 0.25) is 11.6 Å². The van der Waals surface area contributed by atoms with Gasteiger partial charge >= 0.3 is 0 Å². The van der Waals surface area contributed by atoms with Crippen LogP contribution >= 0.6 is 0 Å². The van der Waals surface area contributed by atoms with E-state index >= 15 is 0 Å². The molecule has 5 nitrogen and oxygen atoms in total. The Labute approximate surface area is 85.4 Å². The number of nitrogens with zero attached hydrogens (tertiary/aromatic N) is 2. The van der Waals surface area contributed by atoms with E-state index in [-0.39, 0.29) is 23.2 Å². The lowest BCUT2D eigenvalue weighted by atomic mass is 10.2. The zero-order valence-electron chi connectivity index (χ0n) is 7.97. The molecule has 1 aromatic heterocycles. The molecule has 76 valence electrons. The van der Waals surface area contributed by atoms with Gasteiger partial charge in [-0.15, -0.1) is 0 Å². The van der Waals surface area contributed by atoms with E-state index in [1.165, 1.54) is 13.0 Å². The number of aromatic nitrogens is 2. The summed E-state index contributed by atoms with van der Waals surface area (Å²) in [6.45, 7) is 1.34. The van der Waals surface area contributed by atoms with Gasteiger partial charge in [0.1, 0.15) is 5.75 Å². The van der Waals surface area contributed by atoms with Crippen molar-refractivity contribution in [1.82, 2.24) is 10.1 Å². The normalized spacial score (nSPS) is 10.2. The van der Waals surface area contributed by atoms with Crippen LogP contribution in [-0.4, -0.2) is 21.0 Å². The maximum Gasteiger partial charge on any atom is 0.294 e. The number of rotatable bonds is 2. The number of hydrogen-bond donors (Lipinski definition) is 1. The zero-order valence-corrected chi connectivity index (χ0v) is 7.97. The summed E-state index contributed by atoms with van der Waals surface area (Å²) >= 11 is 0. The first-order valence-corrected chi connectivity index (χ1v) is 4.31. The average Bonchev–Trinajstić information content (AvgIpc) is 2.67. The Balaban J connectivity index is 2.46. The molecule has 0 aliphatic carbocycles. The van der Waals surface area contributed by atoms with Crippen molar-refractivity contribution in [3.63, 3.8) is 0 Å². The maximum absolute atomic E-state index is 10.9. The topological polar surface area (TPSA) is 76.2 Å². The Morgan fingerprint density at radius 3 is 2.73 bits per heavy atom. The predicted molar refractivity (Wildman–Crippen MR) is 51.4 cm³/mol. The summed E-state index contributed by atoms with van der Waals surface area (Å²) in [4.78, 5) is 14.8. The largest absolute Gasteiger partial charge is 0.507 e. The second-order valence-electron chi connectivity index (χ2n) is 3.00. The first kappa shape index (κ1) is 9.39. The second kappa shape index (κ2) is 3.53. The molecule has 0 saturated heterocycles. The monoisotopic (exact) mass is 204 g/mol. The van der Waals surface area contributed by atoms with Gasteiger partial charge in [-0.3, -0.25) is 4.79 Å². The van der Waals surface area contributed by atoms with Crippen molar-refractivity contribution in [3.05, 3.63) is 30.2 Å². The Bertz CT molecular complexity index is 505. The van der Waals surface area contributed by atoms with Crippen molar-refractivity contribution in [2.45, 2.75) is 6.92 Å². The van der Waals surface area contributed by atoms with E-state index in [0.29, 0.717) is 5.56 Å². The van der Waals surface area contributed by atoms with Crippen LogP contribution in [0.15, 0.2) is 28.8 Å². The molecule has 0 fully saturated rings. The van der Waals surface area contributed by atoms with Crippen LogP contribution in [0.25, 0.3) is 11.4 Å². The van der Waals surface area contributed by atoms with Crippen molar-refractivity contribution < 1.29 is 14.4 Å². The molecule has 15 heavy (non-hydrogen) atoms. The maximum atomic E-state index is 10.9. The molecule has 0 saturated carbocycles. The van der Waals surface area contributed by atoms with Gasteiger partial charge in [-0.25, -0.2) is 0 Å². The highest BCUT2D eigenvalue weighted by atomic mass is 16.5. The van der Waals surface area contributed by atoms with Crippen molar-refractivity contribution in [2.75, 3.05) is 0 Å². The number of para-hydroxylation sites is 1. The summed E-state index contributed by atoms with van der Waals surface area (Å²) in [6.07, 6.45) is 0. The lowest BCUT2D eigenvalue weighted by Crippen LogP contribution is -1.91. The van der Waals surface area contributed by atoms with Crippen LogP contribution in [0.2, 0.25) is 0 Å². The van der Waals surface area contributed by atoms with E-state index < -0.39 is 0 Å². The van der Waals surface area contributed by atoms with Crippen LogP contribution in [-0.2, 0) is 0 Å². The van der Waals surface area contributed by atoms with Gasteiger partial charge in [0.25, 0.3) is 5.89 Å². The quantitative estimate of drug-likeness (QED) is 0.752. The molecular weight excluding hydrogens is 196 g/mol. The third-order valence-electron chi connectivity index (χ3n) is 1.87. The smallest absolute Gasteiger partial charge is 0.294 e. The summed E-state index contributed by atoms with van der Waals surface area (Å²) in [7, 11) is 0. The van der Waals surface area contributed by atoms with Crippen LogP contribution in [0.1, 0.15) is 17.6 Å². The van der Waals surface area contributed by atoms with Crippen LogP contribution in [0.4, 0.5) is 0 Å². The van der Waals surface area contributed by atoms with Gasteiger partial charge < -0.3 is 9.63 Å². The van der Waals surface area contributed by atoms with E-state index in [2.05, 4.69) is 10.1 Å². The zero-order chi connectivity index (χ0) is 10.8. The molecule has 0 aliphatic heterocycles. The lowest BCUT2D eigenvalue weighted by molar-refractivity contribution is 0.0972. The molecule has 1 N–H and O–H groups in total. The highest BCUT2D eigenvalue weighted by Crippen LogP contribution is 2.25. The Morgan fingerprint density at radius 1 is 1.40 bits per heavy atom. The summed E-state index contributed by atoms with van der Waals surface area (Å²) < 4.78 is 4.71. The molecule has 0 unspecified atom stereocenters. The summed E-state index contributed by atoms with van der Waals surface area (Å²) in [5.74, 6) is -0.107. The van der Waals surface area contributed by atoms with Crippen molar-refractivity contribution in [1.29, 1.82) is 0 Å². The molecular formula is C10H8N2O3. The standard InChI is InChI=1S/C10H8N2O3/c1-6(13)10-11-9(12-15-10)7-4-2-3-5-8(7)14/h2-5,14H,1H3. The summed E-state index contributed by atoms with van der Waals surface area (Å²) in [6, 6.07) is 6.58. The van der Waals surface area contributed by atoms with Crippen molar-refractivity contribution in [3.8, 4) is 17.1 Å². The number of aromatic hydroxyl groups is 1. The third-order valence-corrected chi connectivity index (χ3v) is 1.87. The van der Waals surface area contributed by atoms with Gasteiger partial charge in [0.15, 0.2) is 0 Å². The third kappa shape index (κ3) is 1.71. The van der Waals surface area contributed by atoms with E-state index in [0.717, 1.165) is 0 Å². The molecule has 0 spiro atoms. The average molecular weight is 204 g/mol. The van der Waals surface area contributed by atoms with Gasteiger partial charge in [-0.05, 0) is 12.1 Å². The SMILES string of the molecule is CC(=O)c1nc(-c2ccccc2O)no1. The number of carbonyl (C=O) groups is 1. The second-order valence-corrected chi connectivity index (χ2v) is 3.00. The van der Waals surface area contributed by atoms with Crippen LogP contribution < -0.4 is 0 Å². The molecule has 0 bridgehead atoms. The predicted octanol–water partition coefficient (Wildman–Crippen LogP) is 1.64. The highest BCUT2D eigenvalue weighted by Gasteiger charge is 2.13. The van der Waals surface area contributed by atoms with E-state index in [4.69, 9.17) is 4.52 Å². The molecule has 0 amide bonds. The number of ketones is 1. The number of carbonyl (C=O) groups excluding carboxylic acids is 1. The van der Waals surface area contributed by atoms with Gasteiger partial charge in [0.05, 0.1) is 5.56 Å². The highest BCUT2D eigenvalue weighted by molar-refractivity contribution is 5.89. The van der Waals surface area contributed by atoms with Crippen LogP contribution in [0.3, 0.4) is 0 Å². The number of phenols is 1. The van der Waals surface area contributed by atoms with Gasteiger partial charge in [-0.2, -0.15) is 4.98 Å². The van der Waals surface area contributed by atoms with E-state index in [1.807, 2.05) is 0 Å². The van der Waals surface area contributed by atoms with E-state index in [9.17, 15) is 9.90 Å².